The molecular weight excluding hydrogens is 302 g/mol. The molecule has 0 aromatic carbocycles. The fourth-order valence-electron chi connectivity index (χ4n) is 2.56. The Bertz CT molecular complexity index is 661. The van der Waals surface area contributed by atoms with Gasteiger partial charge in [0.1, 0.15) is 5.71 Å². The molecule has 2 rings (SSSR count). The van der Waals surface area contributed by atoms with Gasteiger partial charge in [0.25, 0.3) is 5.91 Å². The first-order chi connectivity index (χ1) is 11.2. The molecule has 0 spiro atoms. The van der Waals surface area contributed by atoms with Gasteiger partial charge < -0.3 is 15.7 Å². The normalized spacial score (nSPS) is 21.5. The van der Waals surface area contributed by atoms with Crippen LogP contribution < -0.4 is 10.6 Å². The molecule has 2 aliphatic rings. The summed E-state index contributed by atoms with van der Waals surface area (Å²) in [5.41, 5.74) is 2.70. The number of rotatable bonds is 5. The fourth-order valence-corrected chi connectivity index (χ4v) is 2.56. The average Bonchev–Trinajstić information content (AvgIpc) is 3.14. The highest BCUT2D eigenvalue weighted by Gasteiger charge is 2.29. The summed E-state index contributed by atoms with van der Waals surface area (Å²) < 4.78 is 0. The molecule has 0 bridgehead atoms. The number of nitrogens with one attached hydrogen (secondary N) is 2. The molecule has 3 N–H and O–H groups in total. The highest BCUT2D eigenvalue weighted by Crippen LogP contribution is 2.27. The first-order valence-electron chi connectivity index (χ1n) is 8.38. The molecule has 0 radical (unpaired) electrons. The minimum absolute atomic E-state index is 0.273. The van der Waals surface area contributed by atoms with Crippen molar-refractivity contribution in [1.82, 2.24) is 10.6 Å². The van der Waals surface area contributed by atoms with Crippen molar-refractivity contribution in [2.75, 3.05) is 0 Å². The number of amides is 1. The van der Waals surface area contributed by atoms with Gasteiger partial charge in [-0.3, -0.25) is 4.79 Å². The monoisotopic (exact) mass is 329 g/mol. The van der Waals surface area contributed by atoms with Crippen molar-refractivity contribution in [3.05, 3.63) is 47.5 Å². The molecule has 0 unspecified atom stereocenters. The van der Waals surface area contributed by atoms with Crippen LogP contribution in [0.2, 0.25) is 0 Å². The van der Waals surface area contributed by atoms with E-state index >= 15 is 0 Å². The third-order valence-corrected chi connectivity index (χ3v) is 4.46. The Morgan fingerprint density at radius 1 is 1.54 bits per heavy atom. The predicted octanol–water partition coefficient (Wildman–Crippen LogP) is 2.72. The summed E-state index contributed by atoms with van der Waals surface area (Å²) in [6.07, 6.45) is 9.00. The van der Waals surface area contributed by atoms with Crippen LogP contribution in [0, 0.1) is 0 Å². The van der Waals surface area contributed by atoms with E-state index in [1.807, 2.05) is 13.0 Å². The largest absolute Gasteiger partial charge is 0.388 e. The van der Waals surface area contributed by atoms with Crippen LogP contribution in [0.15, 0.2) is 52.5 Å². The van der Waals surface area contributed by atoms with Gasteiger partial charge >= 0.3 is 0 Å². The zero-order valence-electron chi connectivity index (χ0n) is 14.9. The van der Waals surface area contributed by atoms with Gasteiger partial charge in [0.15, 0.2) is 0 Å². The first kappa shape index (κ1) is 18.2. The molecule has 1 aliphatic heterocycles. The number of hydrogen-bond donors (Lipinski definition) is 3. The Balaban J connectivity index is 2.22. The Morgan fingerprint density at radius 2 is 2.25 bits per heavy atom. The molecule has 1 heterocycles. The second-order valence-corrected chi connectivity index (χ2v) is 6.79. The SMILES string of the molecule is C=C1NC=C(C(=O)N[C@@H](C)C(C)(C)O)/C1=N/C(=C\C)C1=CCCC1. The predicted molar refractivity (Wildman–Crippen MR) is 97.4 cm³/mol. The number of aliphatic imine (C=N–C) groups is 1. The quantitative estimate of drug-likeness (QED) is 0.726. The number of aliphatic hydroxyl groups is 1. The second kappa shape index (κ2) is 7.18. The van der Waals surface area contributed by atoms with E-state index in [-0.39, 0.29) is 11.9 Å². The van der Waals surface area contributed by atoms with Crippen LogP contribution in [0.3, 0.4) is 0 Å². The summed E-state index contributed by atoms with van der Waals surface area (Å²) in [4.78, 5) is 17.2. The summed E-state index contributed by atoms with van der Waals surface area (Å²) in [6.45, 7) is 11.0. The van der Waals surface area contributed by atoms with Gasteiger partial charge in [-0.2, -0.15) is 0 Å². The van der Waals surface area contributed by atoms with Crippen molar-refractivity contribution >= 4 is 11.6 Å². The van der Waals surface area contributed by atoms with E-state index in [2.05, 4.69) is 28.3 Å². The van der Waals surface area contributed by atoms with Crippen molar-refractivity contribution in [2.24, 2.45) is 4.99 Å². The molecule has 0 saturated heterocycles. The van der Waals surface area contributed by atoms with E-state index in [0.717, 1.165) is 25.0 Å². The highest BCUT2D eigenvalue weighted by molar-refractivity contribution is 6.29. The van der Waals surface area contributed by atoms with Crippen molar-refractivity contribution in [1.29, 1.82) is 0 Å². The van der Waals surface area contributed by atoms with Gasteiger partial charge in [0, 0.05) is 6.20 Å². The molecule has 5 heteroatoms. The van der Waals surface area contributed by atoms with E-state index in [4.69, 9.17) is 0 Å². The molecule has 5 nitrogen and oxygen atoms in total. The summed E-state index contributed by atoms with van der Waals surface area (Å²) in [5, 5.41) is 15.8. The summed E-state index contributed by atoms with van der Waals surface area (Å²) >= 11 is 0. The Kier molecular flexibility index (Phi) is 5.44. The molecule has 0 aromatic rings. The lowest BCUT2D eigenvalue weighted by Crippen LogP contribution is -2.48. The first-order valence-corrected chi connectivity index (χ1v) is 8.38. The molecule has 1 atom stereocenters. The van der Waals surface area contributed by atoms with Gasteiger partial charge in [0.05, 0.1) is 28.6 Å². The zero-order chi connectivity index (χ0) is 17.9. The molecule has 0 aromatic heterocycles. The summed E-state index contributed by atoms with van der Waals surface area (Å²) in [5.74, 6) is -0.273. The minimum atomic E-state index is -1.00. The van der Waals surface area contributed by atoms with Crippen LogP contribution in [0.25, 0.3) is 0 Å². The van der Waals surface area contributed by atoms with E-state index in [1.54, 1.807) is 27.0 Å². The maximum Gasteiger partial charge on any atom is 0.255 e. The lowest BCUT2D eigenvalue weighted by Gasteiger charge is -2.26. The van der Waals surface area contributed by atoms with Gasteiger partial charge in [-0.05, 0) is 52.5 Å². The third kappa shape index (κ3) is 4.03. The van der Waals surface area contributed by atoms with E-state index in [1.165, 1.54) is 5.57 Å². The van der Waals surface area contributed by atoms with E-state index < -0.39 is 5.60 Å². The smallest absolute Gasteiger partial charge is 0.255 e. The fraction of sp³-hybridized carbons (Fsp3) is 0.474. The summed E-state index contributed by atoms with van der Waals surface area (Å²) in [7, 11) is 0. The number of allylic oxidation sites excluding steroid dienone is 4. The molecule has 24 heavy (non-hydrogen) atoms. The Labute approximate surface area is 143 Å². The maximum atomic E-state index is 12.6. The van der Waals surface area contributed by atoms with Gasteiger partial charge in [-0.1, -0.05) is 18.7 Å². The van der Waals surface area contributed by atoms with E-state index in [9.17, 15) is 9.90 Å². The van der Waals surface area contributed by atoms with Crippen molar-refractivity contribution in [2.45, 2.75) is 58.6 Å². The van der Waals surface area contributed by atoms with Crippen molar-refractivity contribution < 1.29 is 9.90 Å². The molecule has 0 saturated carbocycles. The van der Waals surface area contributed by atoms with Crippen molar-refractivity contribution in [3.63, 3.8) is 0 Å². The van der Waals surface area contributed by atoms with Crippen LogP contribution in [0.5, 0.6) is 0 Å². The standard InChI is InChI=1S/C19H27N3O2/c1-6-16(14-9-7-8-10-14)22-17-12(2)20-11-15(17)18(23)21-13(3)19(4,5)24/h6,9,11,13,20,24H,2,7-8,10H2,1,3-5H3,(H,21,23)/b16-6-,22-17+/t13-/m0/s1. The topological polar surface area (TPSA) is 73.7 Å². The van der Waals surface area contributed by atoms with E-state index in [0.29, 0.717) is 17.0 Å². The zero-order valence-corrected chi connectivity index (χ0v) is 14.9. The lowest BCUT2D eigenvalue weighted by atomic mass is 10.00. The number of carbonyl (C=O) groups is 1. The number of nitrogens with zero attached hydrogens (tertiary/aromatic N) is 1. The molecule has 1 amide bonds. The molecule has 130 valence electrons. The van der Waals surface area contributed by atoms with Gasteiger partial charge in [-0.25, -0.2) is 4.99 Å². The third-order valence-electron chi connectivity index (χ3n) is 4.46. The lowest BCUT2D eigenvalue weighted by molar-refractivity contribution is -0.119. The second-order valence-electron chi connectivity index (χ2n) is 6.79. The van der Waals surface area contributed by atoms with Crippen LogP contribution in [-0.2, 0) is 4.79 Å². The highest BCUT2D eigenvalue weighted by atomic mass is 16.3. The van der Waals surface area contributed by atoms with Crippen molar-refractivity contribution in [3.8, 4) is 0 Å². The number of hydrogen-bond acceptors (Lipinski definition) is 4. The van der Waals surface area contributed by atoms with Crippen LogP contribution >= 0.6 is 0 Å². The van der Waals surface area contributed by atoms with Gasteiger partial charge in [0.2, 0.25) is 0 Å². The maximum absolute atomic E-state index is 12.6. The van der Waals surface area contributed by atoms with Crippen LogP contribution in [-0.4, -0.2) is 28.4 Å². The Morgan fingerprint density at radius 3 is 2.79 bits per heavy atom. The van der Waals surface area contributed by atoms with Crippen LogP contribution in [0.1, 0.15) is 47.0 Å². The summed E-state index contributed by atoms with van der Waals surface area (Å²) in [6, 6.07) is -0.389. The van der Waals surface area contributed by atoms with Crippen LogP contribution in [0.4, 0.5) is 0 Å². The number of carbonyl (C=O) groups excluding carboxylic acids is 1. The molecule has 1 aliphatic carbocycles. The minimum Gasteiger partial charge on any atom is -0.388 e. The average molecular weight is 329 g/mol. The van der Waals surface area contributed by atoms with Gasteiger partial charge in [-0.15, -0.1) is 0 Å². The molecular formula is C19H27N3O2. The molecule has 0 fully saturated rings. The Hall–Kier alpha value is -2.14.